The van der Waals surface area contributed by atoms with Gasteiger partial charge in [-0.1, -0.05) is 0 Å². The molecule has 0 bridgehead atoms. The van der Waals surface area contributed by atoms with Gasteiger partial charge in [0.15, 0.2) is 0 Å². The number of pyridine rings is 1. The Morgan fingerprint density at radius 3 is 2.78 bits per heavy atom. The van der Waals surface area contributed by atoms with Crippen LogP contribution in [0.5, 0.6) is 0 Å². The van der Waals surface area contributed by atoms with Crippen LogP contribution in [0.1, 0.15) is 31.2 Å². The summed E-state index contributed by atoms with van der Waals surface area (Å²) in [6.07, 6.45) is 5.60. The molecule has 5 heteroatoms. The monoisotopic (exact) mass is 313 g/mol. The molecule has 1 aromatic heterocycles. The average Bonchev–Trinajstić information content (AvgIpc) is 2.37. The van der Waals surface area contributed by atoms with E-state index in [1.54, 1.807) is 6.20 Å². The van der Waals surface area contributed by atoms with Crippen molar-refractivity contribution in [3.63, 3.8) is 0 Å². The average molecular weight is 314 g/mol. The second-order valence-corrected chi connectivity index (χ2v) is 5.85. The van der Waals surface area contributed by atoms with Gasteiger partial charge in [-0.25, -0.2) is 4.98 Å². The quantitative estimate of drug-likeness (QED) is 0.802. The zero-order chi connectivity index (χ0) is 13.1. The summed E-state index contributed by atoms with van der Waals surface area (Å²) >= 11 is 3.52. The van der Waals surface area contributed by atoms with Crippen molar-refractivity contribution in [2.75, 3.05) is 17.6 Å². The van der Waals surface area contributed by atoms with Crippen LogP contribution in [0, 0.1) is 12.8 Å². The van der Waals surface area contributed by atoms with E-state index in [1.165, 1.54) is 0 Å². The summed E-state index contributed by atoms with van der Waals surface area (Å²) in [6, 6.07) is 0. The van der Waals surface area contributed by atoms with Crippen molar-refractivity contribution in [3.8, 4) is 0 Å². The minimum Gasteiger partial charge on any atom is -0.397 e. The van der Waals surface area contributed by atoms with Crippen molar-refractivity contribution in [3.05, 3.63) is 16.2 Å². The molecule has 0 spiro atoms. The highest BCUT2D eigenvalue weighted by molar-refractivity contribution is 9.10. The maximum absolute atomic E-state index is 9.47. The fourth-order valence-corrected chi connectivity index (χ4v) is 2.78. The highest BCUT2D eigenvalue weighted by Gasteiger charge is 2.19. The molecule has 1 heterocycles. The smallest absolute Gasteiger partial charge is 0.140 e. The van der Waals surface area contributed by atoms with E-state index in [9.17, 15) is 5.11 Å². The summed E-state index contributed by atoms with van der Waals surface area (Å²) in [6.45, 7) is 2.88. The van der Waals surface area contributed by atoms with E-state index in [-0.39, 0.29) is 6.10 Å². The summed E-state index contributed by atoms with van der Waals surface area (Å²) in [5, 5.41) is 12.8. The lowest BCUT2D eigenvalue weighted by Gasteiger charge is -2.25. The van der Waals surface area contributed by atoms with Crippen LogP contribution >= 0.6 is 15.9 Å². The van der Waals surface area contributed by atoms with Crippen molar-refractivity contribution in [1.82, 2.24) is 4.98 Å². The third-order valence-electron chi connectivity index (χ3n) is 3.68. The Morgan fingerprint density at radius 1 is 1.44 bits per heavy atom. The molecule has 100 valence electrons. The van der Waals surface area contributed by atoms with Crippen LogP contribution in [-0.4, -0.2) is 22.7 Å². The zero-order valence-electron chi connectivity index (χ0n) is 10.6. The first-order chi connectivity index (χ1) is 8.58. The fourth-order valence-electron chi connectivity index (χ4n) is 2.31. The molecule has 0 radical (unpaired) electrons. The summed E-state index contributed by atoms with van der Waals surface area (Å²) in [5.41, 5.74) is 7.52. The Bertz CT molecular complexity index is 417. The lowest BCUT2D eigenvalue weighted by Crippen LogP contribution is -2.24. The molecular weight excluding hydrogens is 294 g/mol. The van der Waals surface area contributed by atoms with Crippen LogP contribution in [0.4, 0.5) is 11.5 Å². The molecule has 4 N–H and O–H groups in total. The van der Waals surface area contributed by atoms with Crippen molar-refractivity contribution in [2.45, 2.75) is 38.7 Å². The number of nitrogens with one attached hydrogen (secondary N) is 1. The number of aliphatic hydroxyl groups excluding tert-OH is 1. The van der Waals surface area contributed by atoms with E-state index in [1.807, 2.05) is 6.92 Å². The molecule has 0 unspecified atom stereocenters. The molecule has 0 saturated heterocycles. The number of aromatic nitrogens is 1. The predicted molar refractivity (Wildman–Crippen MR) is 77.5 cm³/mol. The van der Waals surface area contributed by atoms with Crippen molar-refractivity contribution in [1.29, 1.82) is 0 Å². The van der Waals surface area contributed by atoms with Gasteiger partial charge in [0.25, 0.3) is 0 Å². The Kier molecular flexibility index (Phi) is 4.45. The first-order valence-electron chi connectivity index (χ1n) is 6.40. The van der Waals surface area contributed by atoms with Gasteiger partial charge in [-0.15, -0.1) is 0 Å². The molecule has 18 heavy (non-hydrogen) atoms. The molecular formula is C13H20BrN3O. The van der Waals surface area contributed by atoms with Gasteiger partial charge in [0, 0.05) is 6.54 Å². The Hall–Kier alpha value is -0.810. The molecule has 2 rings (SSSR count). The summed E-state index contributed by atoms with van der Waals surface area (Å²) < 4.78 is 0.943. The van der Waals surface area contributed by atoms with E-state index < -0.39 is 0 Å². The number of nitrogens with zero attached hydrogens (tertiary/aromatic N) is 1. The number of nitrogen functional groups attached to an aromatic ring is 1. The third-order valence-corrected chi connectivity index (χ3v) is 4.65. The van der Waals surface area contributed by atoms with E-state index in [0.717, 1.165) is 48.1 Å². The molecule has 4 nitrogen and oxygen atoms in total. The molecule has 0 atom stereocenters. The second kappa shape index (κ2) is 5.89. The van der Waals surface area contributed by atoms with Gasteiger partial charge < -0.3 is 16.2 Å². The normalized spacial score (nSPS) is 23.9. The van der Waals surface area contributed by atoms with Gasteiger partial charge in [-0.05, 0) is 60.0 Å². The molecule has 0 aliphatic heterocycles. The minimum absolute atomic E-state index is 0.0927. The fraction of sp³-hybridized carbons (Fsp3) is 0.615. The topological polar surface area (TPSA) is 71.2 Å². The molecule has 1 aromatic rings. The first-order valence-corrected chi connectivity index (χ1v) is 7.19. The Labute approximate surface area is 116 Å². The number of anilines is 2. The molecule has 1 saturated carbocycles. The maximum atomic E-state index is 9.47. The summed E-state index contributed by atoms with van der Waals surface area (Å²) in [7, 11) is 0. The Morgan fingerprint density at radius 2 is 2.11 bits per heavy atom. The third kappa shape index (κ3) is 3.14. The summed E-state index contributed by atoms with van der Waals surface area (Å²) in [5.74, 6) is 1.48. The van der Waals surface area contributed by atoms with Crippen molar-refractivity contribution in [2.24, 2.45) is 5.92 Å². The lowest BCUT2D eigenvalue weighted by atomic mass is 9.87. The van der Waals surface area contributed by atoms with Gasteiger partial charge in [0.1, 0.15) is 5.82 Å². The van der Waals surface area contributed by atoms with Gasteiger partial charge in [-0.2, -0.15) is 0 Å². The molecule has 1 aliphatic carbocycles. The standard InChI is InChI=1S/C13H20BrN3O/c1-8-11(15)7-17-13(12(8)14)16-6-9-2-4-10(18)5-3-9/h7,9-10,18H,2-6,15H2,1H3,(H,16,17). The number of hydrogen-bond donors (Lipinski definition) is 3. The van der Waals surface area contributed by atoms with Gasteiger partial charge in [-0.3, -0.25) is 0 Å². The van der Waals surface area contributed by atoms with Crippen LogP contribution in [-0.2, 0) is 0 Å². The SMILES string of the molecule is Cc1c(N)cnc(NCC2CCC(O)CC2)c1Br. The lowest BCUT2D eigenvalue weighted by molar-refractivity contribution is 0.111. The van der Waals surface area contributed by atoms with Gasteiger partial charge in [0.05, 0.1) is 22.5 Å². The number of nitrogens with two attached hydrogens (primary N) is 1. The number of halogens is 1. The van der Waals surface area contributed by atoms with E-state index >= 15 is 0 Å². The van der Waals surface area contributed by atoms with E-state index in [2.05, 4.69) is 26.2 Å². The largest absolute Gasteiger partial charge is 0.397 e. The molecule has 0 aromatic carbocycles. The van der Waals surface area contributed by atoms with Crippen molar-refractivity contribution < 1.29 is 5.11 Å². The molecule has 1 fully saturated rings. The van der Waals surface area contributed by atoms with Crippen LogP contribution in [0.15, 0.2) is 10.7 Å². The maximum Gasteiger partial charge on any atom is 0.140 e. The first kappa shape index (κ1) is 13.6. The number of hydrogen-bond acceptors (Lipinski definition) is 4. The van der Waals surface area contributed by atoms with Crippen LogP contribution in [0.2, 0.25) is 0 Å². The number of aliphatic hydroxyl groups is 1. The molecule has 0 amide bonds. The minimum atomic E-state index is -0.0927. The van der Waals surface area contributed by atoms with Crippen LogP contribution in [0.25, 0.3) is 0 Å². The molecule has 1 aliphatic rings. The van der Waals surface area contributed by atoms with Crippen LogP contribution < -0.4 is 11.1 Å². The second-order valence-electron chi connectivity index (χ2n) is 5.06. The van der Waals surface area contributed by atoms with E-state index in [4.69, 9.17) is 5.73 Å². The highest BCUT2D eigenvalue weighted by Crippen LogP contribution is 2.29. The zero-order valence-corrected chi connectivity index (χ0v) is 12.2. The van der Waals surface area contributed by atoms with Crippen LogP contribution in [0.3, 0.4) is 0 Å². The summed E-state index contributed by atoms with van der Waals surface area (Å²) in [4.78, 5) is 4.31. The van der Waals surface area contributed by atoms with Gasteiger partial charge in [0.2, 0.25) is 0 Å². The van der Waals surface area contributed by atoms with Crippen molar-refractivity contribution >= 4 is 27.4 Å². The Balaban J connectivity index is 1.92. The van der Waals surface area contributed by atoms with Gasteiger partial charge >= 0.3 is 0 Å². The highest BCUT2D eigenvalue weighted by atomic mass is 79.9. The number of rotatable bonds is 3. The predicted octanol–water partition coefficient (Wildman–Crippen LogP) is 2.70. The van der Waals surface area contributed by atoms with E-state index in [0.29, 0.717) is 11.6 Å².